The van der Waals surface area contributed by atoms with E-state index in [1.807, 2.05) is 40.3 Å². The summed E-state index contributed by atoms with van der Waals surface area (Å²) >= 11 is 11.5. The van der Waals surface area contributed by atoms with Crippen LogP contribution in [0, 0.1) is 0 Å². The summed E-state index contributed by atoms with van der Waals surface area (Å²) in [6, 6.07) is 16.7. The van der Waals surface area contributed by atoms with E-state index >= 15 is 0 Å². The highest BCUT2D eigenvalue weighted by Gasteiger charge is 2.28. The summed E-state index contributed by atoms with van der Waals surface area (Å²) in [5.74, 6) is 0. The van der Waals surface area contributed by atoms with Crippen molar-refractivity contribution in [2.75, 3.05) is 38.2 Å². The van der Waals surface area contributed by atoms with Gasteiger partial charge in [-0.25, -0.2) is 13.2 Å². The molecule has 0 amide bonds. The van der Waals surface area contributed by atoms with Crippen molar-refractivity contribution >= 4 is 63.0 Å². The highest BCUT2D eigenvalue weighted by Crippen LogP contribution is 2.52. The summed E-state index contributed by atoms with van der Waals surface area (Å²) in [6.45, 7) is 0. The molecule has 0 saturated carbocycles. The Balaban J connectivity index is 1.84. The molecule has 3 rings (SSSR count). The molecule has 1 aromatic heterocycles. The van der Waals surface area contributed by atoms with Crippen molar-refractivity contribution < 1.29 is 8.42 Å². The molecular weight excluding hydrogens is 511 g/mol. The van der Waals surface area contributed by atoms with Crippen LogP contribution in [0.3, 0.4) is 0 Å². The number of nitrogens with zero attached hydrogens (tertiary/aromatic N) is 4. The lowest BCUT2D eigenvalue weighted by Crippen LogP contribution is -2.30. The zero-order chi connectivity index (χ0) is 24.9. The zero-order valence-electron chi connectivity index (χ0n) is 19.2. The first-order chi connectivity index (χ1) is 16.0. The molecule has 2 N–H and O–H groups in total. The van der Waals surface area contributed by atoms with Crippen molar-refractivity contribution in [1.82, 2.24) is 14.3 Å². The largest absolute Gasteiger partial charge is 0.331 e. The van der Waals surface area contributed by atoms with Gasteiger partial charge in [0.15, 0.2) is 5.11 Å². The van der Waals surface area contributed by atoms with Crippen molar-refractivity contribution in [3.05, 3.63) is 78.1 Å². The van der Waals surface area contributed by atoms with Crippen LogP contribution in [0.2, 0.25) is 5.02 Å². The second-order valence-electron chi connectivity index (χ2n) is 7.64. The maximum absolute atomic E-state index is 12.7. The third-order valence-electron chi connectivity index (χ3n) is 4.85. The van der Waals surface area contributed by atoms with E-state index in [0.717, 1.165) is 5.30 Å². The molecule has 180 valence electrons. The second-order valence-corrected chi connectivity index (χ2v) is 13.6. The lowest BCUT2D eigenvalue weighted by molar-refractivity contribution is 0.572. The van der Waals surface area contributed by atoms with Crippen LogP contribution >= 0.6 is 31.2 Å². The lowest BCUT2D eigenvalue weighted by atomic mass is 10.3. The summed E-state index contributed by atoms with van der Waals surface area (Å²) in [7, 11) is 1.76. The molecule has 8 nitrogen and oxygen atoms in total. The highest BCUT2D eigenvalue weighted by atomic mass is 35.5. The van der Waals surface area contributed by atoms with Gasteiger partial charge in [-0.15, -0.1) is 0 Å². The van der Waals surface area contributed by atoms with Crippen LogP contribution in [0.15, 0.2) is 82.7 Å². The Labute approximate surface area is 211 Å². The molecule has 12 heteroatoms. The van der Waals surface area contributed by atoms with Gasteiger partial charge in [0.2, 0.25) is 0 Å². The van der Waals surface area contributed by atoms with Gasteiger partial charge in [-0.2, -0.15) is 0 Å². The van der Waals surface area contributed by atoms with Gasteiger partial charge in [-0.3, -0.25) is 19.0 Å². The summed E-state index contributed by atoms with van der Waals surface area (Å²) in [4.78, 5) is 4.23. The first kappa shape index (κ1) is 26.3. The fourth-order valence-corrected chi connectivity index (χ4v) is 8.01. The predicted octanol–water partition coefficient (Wildman–Crippen LogP) is 4.71. The van der Waals surface area contributed by atoms with Crippen molar-refractivity contribution in [2.45, 2.75) is 4.90 Å². The van der Waals surface area contributed by atoms with Crippen LogP contribution in [0.5, 0.6) is 0 Å². The van der Waals surface area contributed by atoms with Gasteiger partial charge in [0.1, 0.15) is 7.36 Å². The third-order valence-corrected chi connectivity index (χ3v) is 10.5. The summed E-state index contributed by atoms with van der Waals surface area (Å²) < 4.78 is 37.0. The van der Waals surface area contributed by atoms with Crippen molar-refractivity contribution in [3.63, 3.8) is 0 Å². The van der Waals surface area contributed by atoms with Gasteiger partial charge >= 0.3 is 0 Å². The maximum atomic E-state index is 12.7. The SMILES string of the molecule is CN(C)P(=NC(=S)Nc1ccc(S(=O)(=O)Nc2cccc(Cl)c2)cc1)(c1ccncc1)N(C)C. The molecule has 0 aliphatic heterocycles. The van der Waals surface area contributed by atoms with Crippen molar-refractivity contribution in [1.29, 1.82) is 0 Å². The van der Waals surface area contributed by atoms with E-state index in [1.54, 1.807) is 48.8 Å². The van der Waals surface area contributed by atoms with Crippen LogP contribution in [0.4, 0.5) is 11.4 Å². The highest BCUT2D eigenvalue weighted by molar-refractivity contribution is 7.92. The number of pyridine rings is 1. The summed E-state index contributed by atoms with van der Waals surface area (Å²) in [6.07, 6.45) is 3.47. The first-order valence-corrected chi connectivity index (χ1v) is 14.0. The van der Waals surface area contributed by atoms with Crippen LogP contribution in [0.25, 0.3) is 0 Å². The topological polar surface area (TPSA) is 89.9 Å². The van der Waals surface area contributed by atoms with Gasteiger partial charge < -0.3 is 5.32 Å². The minimum absolute atomic E-state index is 0.112. The van der Waals surface area contributed by atoms with E-state index in [4.69, 9.17) is 28.6 Å². The third kappa shape index (κ3) is 6.02. The standard InChI is InChI=1S/C22H26ClN6O2PS2/c1-28(2)32(29(3)4,20-12-14-24-15-13-20)26-22(33)25-18-8-10-21(11-9-18)34(30,31)27-19-7-5-6-17(23)16-19/h5-16,27H,1-4H3,(H,25,33). The number of anilines is 2. The fourth-order valence-electron chi connectivity index (χ4n) is 3.36. The van der Waals surface area contributed by atoms with E-state index < -0.39 is 17.4 Å². The molecule has 0 fully saturated rings. The molecule has 0 saturated heterocycles. The number of sulfonamides is 1. The van der Waals surface area contributed by atoms with Crippen LogP contribution in [0.1, 0.15) is 0 Å². The van der Waals surface area contributed by atoms with Gasteiger partial charge in [-0.05, 0) is 95.0 Å². The van der Waals surface area contributed by atoms with Gasteiger partial charge in [0.05, 0.1) is 10.6 Å². The average Bonchev–Trinajstić information content (AvgIpc) is 2.77. The quantitative estimate of drug-likeness (QED) is 0.334. The van der Waals surface area contributed by atoms with Crippen LogP contribution in [-0.2, 0) is 10.0 Å². The molecule has 0 unspecified atom stereocenters. The van der Waals surface area contributed by atoms with Crippen molar-refractivity contribution in [2.24, 2.45) is 4.74 Å². The number of rotatable bonds is 7. The van der Waals surface area contributed by atoms with Gasteiger partial charge in [-0.1, -0.05) is 17.7 Å². The van der Waals surface area contributed by atoms with Crippen molar-refractivity contribution in [3.8, 4) is 0 Å². The molecule has 3 aromatic rings. The molecule has 0 bridgehead atoms. The Hall–Kier alpha value is -2.33. The number of halogens is 1. The molecule has 0 aliphatic carbocycles. The Morgan fingerprint density at radius 2 is 1.59 bits per heavy atom. The molecule has 0 radical (unpaired) electrons. The minimum atomic E-state index is -3.77. The molecular formula is C22H26ClN6O2PS2. The van der Waals surface area contributed by atoms with E-state index in [9.17, 15) is 8.42 Å². The lowest BCUT2D eigenvalue weighted by Gasteiger charge is -2.36. The minimum Gasteiger partial charge on any atom is -0.331 e. The van der Waals surface area contributed by atoms with Gasteiger partial charge in [0, 0.05) is 28.4 Å². The number of thiocarbonyl (C=S) groups is 1. The normalized spacial score (nSPS) is 12.0. The fraction of sp³-hybridized carbons (Fsp3) is 0.182. The zero-order valence-corrected chi connectivity index (χ0v) is 22.5. The van der Waals surface area contributed by atoms with E-state index in [0.29, 0.717) is 21.5 Å². The molecule has 1 heterocycles. The molecule has 2 aromatic carbocycles. The second kappa shape index (κ2) is 10.9. The molecule has 0 aliphatic rings. The molecule has 0 spiro atoms. The summed E-state index contributed by atoms with van der Waals surface area (Å²) in [5.41, 5.74) is 1.01. The average molecular weight is 537 g/mol. The first-order valence-electron chi connectivity index (χ1n) is 10.1. The van der Waals surface area contributed by atoms with E-state index in [-0.39, 0.29) is 4.90 Å². The van der Waals surface area contributed by atoms with Gasteiger partial charge in [0.25, 0.3) is 10.0 Å². The Morgan fingerprint density at radius 1 is 0.971 bits per heavy atom. The number of nitrogens with one attached hydrogen (secondary N) is 2. The van der Waals surface area contributed by atoms with E-state index in [1.165, 1.54) is 12.1 Å². The van der Waals surface area contributed by atoms with E-state index in [2.05, 4.69) is 24.4 Å². The van der Waals surface area contributed by atoms with Crippen LogP contribution < -0.4 is 15.3 Å². The van der Waals surface area contributed by atoms with Crippen LogP contribution in [-0.4, -0.2) is 56.0 Å². The Kier molecular flexibility index (Phi) is 8.46. The number of aromatic nitrogens is 1. The number of hydrogen-bond acceptors (Lipinski definition) is 4. The molecule has 0 atom stereocenters. The molecule has 34 heavy (non-hydrogen) atoms. The number of hydrogen-bond donors (Lipinski definition) is 2. The smallest absolute Gasteiger partial charge is 0.261 e. The number of benzene rings is 2. The Bertz CT molecular complexity index is 1300. The predicted molar refractivity (Wildman–Crippen MR) is 146 cm³/mol. The Morgan fingerprint density at radius 3 is 2.15 bits per heavy atom. The summed E-state index contributed by atoms with van der Waals surface area (Å²) in [5, 5.41) is 4.85. The maximum Gasteiger partial charge on any atom is 0.261 e. The monoisotopic (exact) mass is 536 g/mol.